The summed E-state index contributed by atoms with van der Waals surface area (Å²) in [5.74, 6) is 0.759. The molecule has 100 valence electrons. The number of hydrogen-bond acceptors (Lipinski definition) is 2. The largest absolute Gasteiger partial charge is 0.342 e. The summed E-state index contributed by atoms with van der Waals surface area (Å²) in [4.78, 5) is 7.78. The molecular formula is C14H14BrClN2S. The first-order valence-corrected chi connectivity index (χ1v) is 7.43. The summed E-state index contributed by atoms with van der Waals surface area (Å²) < 4.78 is 1.42. The Balaban J connectivity index is 2.63. The zero-order valence-electron chi connectivity index (χ0n) is 10.9. The number of rotatable bonds is 1. The zero-order valence-corrected chi connectivity index (χ0v) is 14.1. The number of nitrogens with one attached hydrogen (secondary N) is 1. The van der Waals surface area contributed by atoms with Gasteiger partial charge in [-0.15, -0.1) is 0 Å². The van der Waals surface area contributed by atoms with Gasteiger partial charge >= 0.3 is 0 Å². The summed E-state index contributed by atoms with van der Waals surface area (Å²) in [7, 11) is 0. The average Bonchev–Trinajstić information content (AvgIpc) is 2.32. The Hall–Kier alpha value is -0.710. The van der Waals surface area contributed by atoms with E-state index in [0.717, 1.165) is 21.6 Å². The first-order chi connectivity index (χ1) is 8.79. The summed E-state index contributed by atoms with van der Waals surface area (Å²) in [5.41, 5.74) is 1.96. The van der Waals surface area contributed by atoms with Crippen LogP contribution in [-0.4, -0.2) is 9.97 Å². The van der Waals surface area contributed by atoms with Crippen LogP contribution in [0.15, 0.2) is 28.7 Å². The van der Waals surface area contributed by atoms with Crippen LogP contribution in [0.25, 0.3) is 11.4 Å². The Kier molecular flexibility index (Phi) is 4.14. The Morgan fingerprint density at radius 3 is 2.32 bits per heavy atom. The summed E-state index contributed by atoms with van der Waals surface area (Å²) in [5, 5.41) is 0.704. The highest BCUT2D eigenvalue weighted by atomic mass is 79.9. The molecule has 2 nitrogen and oxygen atoms in total. The third-order valence-electron chi connectivity index (χ3n) is 2.73. The van der Waals surface area contributed by atoms with Crippen molar-refractivity contribution in [3.05, 3.63) is 44.1 Å². The fourth-order valence-electron chi connectivity index (χ4n) is 1.72. The van der Waals surface area contributed by atoms with Crippen molar-refractivity contribution < 1.29 is 0 Å². The van der Waals surface area contributed by atoms with Crippen LogP contribution in [0, 0.1) is 4.64 Å². The maximum atomic E-state index is 5.90. The summed E-state index contributed by atoms with van der Waals surface area (Å²) in [6.07, 6.45) is 0. The van der Waals surface area contributed by atoms with E-state index < -0.39 is 0 Å². The van der Waals surface area contributed by atoms with Crippen LogP contribution in [0.4, 0.5) is 0 Å². The molecule has 0 spiro atoms. The molecule has 0 radical (unpaired) electrons. The fourth-order valence-corrected chi connectivity index (χ4v) is 2.82. The van der Waals surface area contributed by atoms with E-state index in [1.807, 2.05) is 24.3 Å². The van der Waals surface area contributed by atoms with E-state index >= 15 is 0 Å². The van der Waals surface area contributed by atoms with Crippen LogP contribution >= 0.6 is 39.7 Å². The van der Waals surface area contributed by atoms with E-state index in [1.165, 1.54) is 0 Å². The molecule has 2 rings (SSSR count). The Morgan fingerprint density at radius 1 is 1.21 bits per heavy atom. The van der Waals surface area contributed by atoms with Crippen molar-refractivity contribution in [2.24, 2.45) is 0 Å². The molecule has 0 aliphatic rings. The maximum absolute atomic E-state index is 5.90. The lowest BCUT2D eigenvalue weighted by Gasteiger charge is -2.21. The average molecular weight is 358 g/mol. The van der Waals surface area contributed by atoms with Crippen LogP contribution in [-0.2, 0) is 5.41 Å². The molecule has 0 aliphatic heterocycles. The lowest BCUT2D eigenvalue weighted by molar-refractivity contribution is 0.563. The molecule has 1 aromatic carbocycles. The van der Waals surface area contributed by atoms with Crippen molar-refractivity contribution in [1.29, 1.82) is 0 Å². The molecule has 0 aliphatic carbocycles. The van der Waals surface area contributed by atoms with Gasteiger partial charge in [-0.3, -0.25) is 0 Å². The van der Waals surface area contributed by atoms with E-state index in [4.69, 9.17) is 23.8 Å². The van der Waals surface area contributed by atoms with Gasteiger partial charge in [-0.05, 0) is 40.2 Å². The topological polar surface area (TPSA) is 28.7 Å². The molecule has 0 fully saturated rings. The SMILES string of the molecule is CC(C)(C)c1[nH]c(-c2ccc(Cl)cc2)nc(=S)c1Br. The number of halogens is 2. The van der Waals surface area contributed by atoms with Crippen LogP contribution < -0.4 is 0 Å². The van der Waals surface area contributed by atoms with Gasteiger partial charge < -0.3 is 4.98 Å². The summed E-state index contributed by atoms with van der Waals surface area (Å²) >= 11 is 14.7. The van der Waals surface area contributed by atoms with Crippen molar-refractivity contribution in [2.75, 3.05) is 0 Å². The molecule has 1 aromatic heterocycles. The Bertz CT molecular complexity index is 657. The third kappa shape index (κ3) is 3.25. The van der Waals surface area contributed by atoms with Crippen molar-refractivity contribution >= 4 is 39.7 Å². The van der Waals surface area contributed by atoms with Gasteiger partial charge in [0.2, 0.25) is 0 Å². The molecule has 2 aromatic rings. The maximum Gasteiger partial charge on any atom is 0.144 e. The number of aromatic nitrogens is 2. The Morgan fingerprint density at radius 2 is 1.79 bits per heavy atom. The summed E-state index contributed by atoms with van der Waals surface area (Å²) in [6.45, 7) is 6.39. The molecule has 1 N–H and O–H groups in total. The quantitative estimate of drug-likeness (QED) is 0.681. The number of aromatic amines is 1. The van der Waals surface area contributed by atoms with Crippen LogP contribution in [0.5, 0.6) is 0 Å². The molecule has 0 saturated carbocycles. The van der Waals surface area contributed by atoms with Crippen molar-refractivity contribution in [3.63, 3.8) is 0 Å². The zero-order chi connectivity index (χ0) is 14.2. The number of benzene rings is 1. The van der Waals surface area contributed by atoms with Gasteiger partial charge in [0.1, 0.15) is 10.5 Å². The molecule has 0 unspecified atom stereocenters. The molecule has 0 amide bonds. The predicted octanol–water partition coefficient (Wildman–Crippen LogP) is 5.52. The molecule has 1 heterocycles. The van der Waals surface area contributed by atoms with Gasteiger partial charge in [-0.1, -0.05) is 44.6 Å². The minimum atomic E-state index is -0.0451. The van der Waals surface area contributed by atoms with E-state index in [2.05, 4.69) is 46.7 Å². The second-order valence-electron chi connectivity index (χ2n) is 5.34. The van der Waals surface area contributed by atoms with E-state index in [0.29, 0.717) is 9.66 Å². The minimum absolute atomic E-state index is 0.0451. The molecule has 0 bridgehead atoms. The lowest BCUT2D eigenvalue weighted by atomic mass is 9.92. The van der Waals surface area contributed by atoms with E-state index in [-0.39, 0.29) is 5.41 Å². The second-order valence-corrected chi connectivity index (χ2v) is 6.95. The monoisotopic (exact) mass is 356 g/mol. The second kappa shape index (κ2) is 5.35. The number of hydrogen-bond donors (Lipinski definition) is 1. The standard InChI is InChI=1S/C14H14BrClN2S/c1-14(2,3)11-10(15)13(19)18-12(17-11)8-4-6-9(16)7-5-8/h4-7H,1-3H3,(H,17,18,19). The normalized spacial score (nSPS) is 11.6. The van der Waals surface area contributed by atoms with E-state index in [1.54, 1.807) is 0 Å². The highest BCUT2D eigenvalue weighted by Gasteiger charge is 2.20. The van der Waals surface area contributed by atoms with Gasteiger partial charge in [0.05, 0.1) is 4.47 Å². The smallest absolute Gasteiger partial charge is 0.144 e. The number of nitrogens with zero attached hydrogens (tertiary/aromatic N) is 1. The van der Waals surface area contributed by atoms with Crippen molar-refractivity contribution in [2.45, 2.75) is 26.2 Å². The Labute approximate surface area is 131 Å². The molecular weight excluding hydrogens is 344 g/mol. The molecule has 19 heavy (non-hydrogen) atoms. The number of H-pyrrole nitrogens is 1. The minimum Gasteiger partial charge on any atom is -0.342 e. The van der Waals surface area contributed by atoms with Gasteiger partial charge in [0.25, 0.3) is 0 Å². The highest BCUT2D eigenvalue weighted by molar-refractivity contribution is 9.10. The first kappa shape index (κ1) is 14.7. The van der Waals surface area contributed by atoms with Gasteiger partial charge in [0.15, 0.2) is 0 Å². The van der Waals surface area contributed by atoms with Crippen LogP contribution in [0.3, 0.4) is 0 Å². The molecule has 5 heteroatoms. The molecule has 0 saturated heterocycles. The highest BCUT2D eigenvalue weighted by Crippen LogP contribution is 2.30. The fraction of sp³-hybridized carbons (Fsp3) is 0.286. The van der Waals surface area contributed by atoms with Crippen LogP contribution in [0.1, 0.15) is 26.5 Å². The predicted molar refractivity (Wildman–Crippen MR) is 86.3 cm³/mol. The third-order valence-corrected chi connectivity index (χ3v) is 4.31. The van der Waals surface area contributed by atoms with Crippen LogP contribution in [0.2, 0.25) is 5.02 Å². The van der Waals surface area contributed by atoms with Crippen molar-refractivity contribution in [3.8, 4) is 11.4 Å². The van der Waals surface area contributed by atoms with Crippen molar-refractivity contribution in [1.82, 2.24) is 9.97 Å². The van der Waals surface area contributed by atoms with Gasteiger partial charge in [0, 0.05) is 21.7 Å². The molecule has 0 atom stereocenters. The van der Waals surface area contributed by atoms with E-state index in [9.17, 15) is 0 Å². The summed E-state index contributed by atoms with van der Waals surface area (Å²) in [6, 6.07) is 7.54. The van der Waals surface area contributed by atoms with Gasteiger partial charge in [-0.2, -0.15) is 0 Å². The van der Waals surface area contributed by atoms with Gasteiger partial charge in [-0.25, -0.2) is 4.98 Å². The lowest BCUT2D eigenvalue weighted by Crippen LogP contribution is -2.16. The first-order valence-electron chi connectivity index (χ1n) is 5.85.